The monoisotopic (exact) mass is 462 g/mol. The number of morpholine rings is 1. The van der Waals surface area contributed by atoms with Crippen molar-refractivity contribution in [3.8, 4) is 0 Å². The van der Waals surface area contributed by atoms with Gasteiger partial charge in [-0.2, -0.15) is 4.31 Å². The van der Waals surface area contributed by atoms with Crippen molar-refractivity contribution < 1.29 is 17.9 Å². The molecule has 8 nitrogen and oxygen atoms in total. The van der Waals surface area contributed by atoms with E-state index in [0.29, 0.717) is 32.8 Å². The summed E-state index contributed by atoms with van der Waals surface area (Å²) in [5, 5.41) is 6.50. The van der Waals surface area contributed by atoms with Crippen LogP contribution in [0.3, 0.4) is 0 Å². The summed E-state index contributed by atoms with van der Waals surface area (Å²) in [6, 6.07) is -0.0666. The number of amides is 1. The molecule has 2 aliphatic rings. The average Bonchev–Trinajstić information content (AvgIpc) is 2.67. The lowest BCUT2D eigenvalue weighted by molar-refractivity contribution is -0.134. The zero-order valence-corrected chi connectivity index (χ0v) is 21.6. The first kappa shape index (κ1) is 28.3. The van der Waals surface area contributed by atoms with E-state index < -0.39 is 10.0 Å². The Bertz CT molecular complexity index is 629. The zero-order valence-electron chi connectivity index (χ0n) is 20.8. The summed E-state index contributed by atoms with van der Waals surface area (Å²) in [6.45, 7) is 18.6. The van der Waals surface area contributed by atoms with E-state index in [4.69, 9.17) is 4.74 Å². The van der Waals surface area contributed by atoms with E-state index in [1.807, 2.05) is 32.6 Å². The summed E-state index contributed by atoms with van der Waals surface area (Å²) in [6.07, 6.45) is 3.59. The van der Waals surface area contributed by atoms with Gasteiger partial charge < -0.3 is 20.3 Å². The minimum atomic E-state index is -3.11. The number of piperidine rings is 1. The molecule has 0 saturated carbocycles. The number of nitrogens with one attached hydrogen (secondary N) is 2. The van der Waals surface area contributed by atoms with Crippen molar-refractivity contribution in [3.63, 3.8) is 0 Å². The summed E-state index contributed by atoms with van der Waals surface area (Å²) in [7, 11) is -3.11. The van der Waals surface area contributed by atoms with Crippen LogP contribution >= 0.6 is 0 Å². The van der Waals surface area contributed by atoms with Crippen molar-refractivity contribution in [2.45, 2.75) is 84.8 Å². The van der Waals surface area contributed by atoms with Gasteiger partial charge in [-0.05, 0) is 67.7 Å². The molecule has 9 heteroatoms. The van der Waals surface area contributed by atoms with Crippen LogP contribution in [0.15, 0.2) is 0 Å². The van der Waals surface area contributed by atoms with Crippen LogP contribution in [0.1, 0.15) is 67.7 Å². The Morgan fingerprint density at radius 2 is 1.48 bits per heavy atom. The predicted molar refractivity (Wildman–Crippen MR) is 127 cm³/mol. The van der Waals surface area contributed by atoms with Gasteiger partial charge in [-0.3, -0.25) is 4.79 Å². The molecule has 0 aromatic rings. The zero-order chi connectivity index (χ0) is 23.7. The van der Waals surface area contributed by atoms with Gasteiger partial charge in [0, 0.05) is 43.8 Å². The number of sulfonamides is 1. The Labute approximate surface area is 190 Å². The van der Waals surface area contributed by atoms with Gasteiger partial charge in [0.05, 0.1) is 25.0 Å². The first-order chi connectivity index (χ1) is 14.2. The molecule has 0 radical (unpaired) electrons. The SMILES string of the molecule is CC(C)(C)NCCS(=O)(=O)N1CCOCC1.CC(NC(C)(C)C)C(=O)N1CCCCC1. The molecule has 2 aliphatic heterocycles. The maximum Gasteiger partial charge on any atom is 0.239 e. The van der Waals surface area contributed by atoms with Crippen molar-refractivity contribution in [1.29, 1.82) is 0 Å². The molecule has 2 N–H and O–H groups in total. The molecule has 0 aliphatic carbocycles. The van der Waals surface area contributed by atoms with Crippen molar-refractivity contribution in [1.82, 2.24) is 19.8 Å². The van der Waals surface area contributed by atoms with E-state index in [-0.39, 0.29) is 28.8 Å². The summed E-state index contributed by atoms with van der Waals surface area (Å²) in [4.78, 5) is 14.0. The molecule has 0 spiro atoms. The van der Waals surface area contributed by atoms with Crippen LogP contribution in [-0.4, -0.2) is 92.3 Å². The van der Waals surface area contributed by atoms with Gasteiger partial charge in [0.25, 0.3) is 0 Å². The molecule has 2 fully saturated rings. The van der Waals surface area contributed by atoms with Crippen LogP contribution in [-0.2, 0) is 19.6 Å². The second-order valence-corrected chi connectivity index (χ2v) is 12.6. The van der Waals surface area contributed by atoms with Gasteiger partial charge in [0.2, 0.25) is 15.9 Å². The Balaban J connectivity index is 0.000000311. The fourth-order valence-electron chi connectivity index (χ4n) is 3.61. The minimum Gasteiger partial charge on any atom is -0.379 e. The van der Waals surface area contributed by atoms with E-state index in [9.17, 15) is 13.2 Å². The molecule has 1 amide bonds. The van der Waals surface area contributed by atoms with Gasteiger partial charge in [0.15, 0.2) is 0 Å². The van der Waals surface area contributed by atoms with E-state index in [1.165, 1.54) is 10.7 Å². The summed E-state index contributed by atoms with van der Waals surface area (Å²) in [5.41, 5.74) is -0.0363. The largest absolute Gasteiger partial charge is 0.379 e. The van der Waals surface area contributed by atoms with Gasteiger partial charge in [0.1, 0.15) is 0 Å². The van der Waals surface area contributed by atoms with Crippen LogP contribution < -0.4 is 10.6 Å². The van der Waals surface area contributed by atoms with Crippen LogP contribution in [0.5, 0.6) is 0 Å². The minimum absolute atomic E-state index is 0.00482. The van der Waals surface area contributed by atoms with E-state index in [2.05, 4.69) is 31.4 Å². The highest BCUT2D eigenvalue weighted by molar-refractivity contribution is 7.89. The van der Waals surface area contributed by atoms with Crippen LogP contribution in [0, 0.1) is 0 Å². The molecular formula is C22H46N4O4S. The van der Waals surface area contributed by atoms with Crippen molar-refractivity contribution in [2.24, 2.45) is 0 Å². The fourth-order valence-corrected chi connectivity index (χ4v) is 4.93. The average molecular weight is 463 g/mol. The molecule has 2 heterocycles. The first-order valence-electron chi connectivity index (χ1n) is 11.6. The predicted octanol–water partition coefficient (Wildman–Crippen LogP) is 1.81. The Morgan fingerprint density at radius 1 is 0.935 bits per heavy atom. The van der Waals surface area contributed by atoms with Crippen LogP contribution in [0.4, 0.5) is 0 Å². The van der Waals surface area contributed by atoms with E-state index in [0.717, 1.165) is 25.9 Å². The number of carbonyl (C=O) groups is 1. The number of rotatable bonds is 6. The molecule has 2 saturated heterocycles. The van der Waals surface area contributed by atoms with Gasteiger partial charge in [-0.25, -0.2) is 8.42 Å². The van der Waals surface area contributed by atoms with Gasteiger partial charge in [-0.1, -0.05) is 0 Å². The third-order valence-electron chi connectivity index (χ3n) is 5.07. The Morgan fingerprint density at radius 3 is 1.97 bits per heavy atom. The number of ether oxygens (including phenoxy) is 1. The third kappa shape index (κ3) is 12.2. The van der Waals surface area contributed by atoms with Gasteiger partial charge >= 0.3 is 0 Å². The number of hydrogen-bond donors (Lipinski definition) is 2. The number of hydrogen-bond acceptors (Lipinski definition) is 6. The van der Waals surface area contributed by atoms with Gasteiger partial charge in [-0.15, -0.1) is 0 Å². The molecule has 31 heavy (non-hydrogen) atoms. The van der Waals surface area contributed by atoms with Crippen LogP contribution in [0.2, 0.25) is 0 Å². The quantitative estimate of drug-likeness (QED) is 0.626. The Hall–Kier alpha value is -0.740. The van der Waals surface area contributed by atoms with Crippen molar-refractivity contribution in [2.75, 3.05) is 51.7 Å². The highest BCUT2D eigenvalue weighted by Gasteiger charge is 2.25. The number of carbonyl (C=O) groups excluding carboxylic acids is 1. The second kappa shape index (κ2) is 12.5. The molecule has 2 rings (SSSR count). The molecule has 1 atom stereocenters. The number of likely N-dealkylation sites (tertiary alicyclic amines) is 1. The normalized spacial score (nSPS) is 20.0. The summed E-state index contributed by atoms with van der Waals surface area (Å²) < 4.78 is 30.5. The smallest absolute Gasteiger partial charge is 0.239 e. The third-order valence-corrected chi connectivity index (χ3v) is 6.94. The maximum atomic E-state index is 12.0. The number of nitrogens with zero attached hydrogens (tertiary/aromatic N) is 2. The van der Waals surface area contributed by atoms with E-state index >= 15 is 0 Å². The lowest BCUT2D eigenvalue weighted by atomic mass is 10.1. The highest BCUT2D eigenvalue weighted by Crippen LogP contribution is 2.11. The van der Waals surface area contributed by atoms with Crippen molar-refractivity contribution in [3.05, 3.63) is 0 Å². The lowest BCUT2D eigenvalue weighted by Crippen LogP contribution is -2.52. The molecule has 0 aromatic carbocycles. The lowest BCUT2D eigenvalue weighted by Gasteiger charge is -2.32. The maximum absolute atomic E-state index is 12.0. The molecule has 1 unspecified atom stereocenters. The fraction of sp³-hybridized carbons (Fsp3) is 0.955. The molecule has 184 valence electrons. The topological polar surface area (TPSA) is 91.0 Å². The molecular weight excluding hydrogens is 416 g/mol. The molecule has 0 bridgehead atoms. The summed E-state index contributed by atoms with van der Waals surface area (Å²) in [5.74, 6) is 0.411. The molecule has 0 aromatic heterocycles. The Kier molecular flexibility index (Phi) is 11.4. The van der Waals surface area contributed by atoms with Crippen molar-refractivity contribution >= 4 is 15.9 Å². The first-order valence-corrected chi connectivity index (χ1v) is 13.2. The second-order valence-electron chi connectivity index (χ2n) is 10.5. The standard InChI is InChI=1S/C12H24N2O.C10H22N2O3S/c1-10(13-12(2,3)4)11(15)14-8-6-5-7-9-14;1-10(2,3)11-4-9-16(13,14)12-5-7-15-8-6-12/h10,13H,5-9H2,1-4H3;11H,4-9H2,1-3H3. The highest BCUT2D eigenvalue weighted by atomic mass is 32.2. The summed E-state index contributed by atoms with van der Waals surface area (Å²) >= 11 is 0. The van der Waals surface area contributed by atoms with Crippen LogP contribution in [0.25, 0.3) is 0 Å². The van der Waals surface area contributed by atoms with E-state index in [1.54, 1.807) is 0 Å².